The van der Waals surface area contributed by atoms with Crippen LogP contribution in [0, 0.1) is 0 Å². The van der Waals surface area contributed by atoms with Crippen LogP contribution >= 0.6 is 11.8 Å². The molecule has 0 heterocycles. The van der Waals surface area contributed by atoms with Crippen molar-refractivity contribution in [3.8, 4) is 0 Å². The molecule has 0 bridgehead atoms. The Bertz CT molecular complexity index is 589. The molecular formula is C18H23F2NO3S. The first-order chi connectivity index (χ1) is 12.0. The normalized spacial score (nSPS) is 17.0. The first kappa shape index (κ1) is 19.7. The van der Waals surface area contributed by atoms with Gasteiger partial charge in [0.25, 0.3) is 11.7 Å². The Hall–Kier alpha value is -1.63. The third-order valence-electron chi connectivity index (χ3n) is 4.18. The summed E-state index contributed by atoms with van der Waals surface area (Å²) in [7, 11) is 0. The first-order valence-corrected chi connectivity index (χ1v) is 9.40. The summed E-state index contributed by atoms with van der Waals surface area (Å²) < 4.78 is 30.4. The molecule has 1 amide bonds. The number of amides is 1. The lowest BCUT2D eigenvalue weighted by Crippen LogP contribution is -2.41. The summed E-state index contributed by atoms with van der Waals surface area (Å²) in [6, 6.07) is 6.11. The zero-order valence-electron chi connectivity index (χ0n) is 14.2. The summed E-state index contributed by atoms with van der Waals surface area (Å²) in [4.78, 5) is 24.6. The molecule has 4 nitrogen and oxygen atoms in total. The van der Waals surface area contributed by atoms with Gasteiger partial charge in [-0.05, 0) is 31.9 Å². The highest BCUT2D eigenvalue weighted by atomic mass is 32.2. The van der Waals surface area contributed by atoms with Crippen molar-refractivity contribution < 1.29 is 23.1 Å². The van der Waals surface area contributed by atoms with Gasteiger partial charge >= 0.3 is 5.97 Å². The minimum Gasteiger partial charge on any atom is -0.449 e. The van der Waals surface area contributed by atoms with Gasteiger partial charge in [0.1, 0.15) is 0 Å². The van der Waals surface area contributed by atoms with E-state index in [1.807, 2.05) is 0 Å². The van der Waals surface area contributed by atoms with Gasteiger partial charge in [-0.15, -0.1) is 0 Å². The van der Waals surface area contributed by atoms with Gasteiger partial charge < -0.3 is 10.1 Å². The molecule has 1 aliphatic rings. The highest BCUT2D eigenvalue weighted by molar-refractivity contribution is 7.99. The molecule has 25 heavy (non-hydrogen) atoms. The second kappa shape index (κ2) is 9.75. The zero-order valence-corrected chi connectivity index (χ0v) is 15.0. The summed E-state index contributed by atoms with van der Waals surface area (Å²) in [5, 5.41) is 2.92. The van der Waals surface area contributed by atoms with Crippen molar-refractivity contribution in [1.29, 1.82) is 0 Å². The maximum absolute atomic E-state index is 12.6. The van der Waals surface area contributed by atoms with Crippen molar-refractivity contribution in [1.82, 2.24) is 5.32 Å². The number of ether oxygens (including phenoxy) is 1. The molecule has 0 unspecified atom stereocenters. The standard InChI is InChI=1S/C18H23F2NO3S/c1-12(16(22)21-13-8-4-2-3-5-9-13)24-17(23)14-10-6-7-11-15(14)25-18(19)20/h6-7,10-13,18H,2-5,8-9H2,1H3,(H,21,22)/t12-/m1/s1. The molecule has 7 heteroatoms. The monoisotopic (exact) mass is 371 g/mol. The molecule has 138 valence electrons. The van der Waals surface area contributed by atoms with Crippen LogP contribution in [0.15, 0.2) is 29.2 Å². The molecular weight excluding hydrogens is 348 g/mol. The minimum absolute atomic E-state index is 0.0434. The second-order valence-corrected chi connectivity index (χ2v) is 7.15. The van der Waals surface area contributed by atoms with E-state index in [-0.39, 0.29) is 34.2 Å². The molecule has 1 aliphatic carbocycles. The summed E-state index contributed by atoms with van der Waals surface area (Å²) in [6.45, 7) is 1.49. The number of nitrogens with one attached hydrogen (secondary N) is 1. The number of rotatable bonds is 6. The molecule has 0 aliphatic heterocycles. The van der Waals surface area contributed by atoms with E-state index in [1.54, 1.807) is 12.1 Å². The van der Waals surface area contributed by atoms with E-state index in [4.69, 9.17) is 4.74 Å². The fraction of sp³-hybridized carbons (Fsp3) is 0.556. The van der Waals surface area contributed by atoms with Gasteiger partial charge in [-0.25, -0.2) is 4.79 Å². The summed E-state index contributed by atoms with van der Waals surface area (Å²) in [5.74, 6) is -3.75. The molecule has 1 atom stereocenters. The third-order valence-corrected chi connectivity index (χ3v) is 4.97. The molecule has 0 radical (unpaired) electrons. The number of hydrogen-bond acceptors (Lipinski definition) is 4. The fourth-order valence-corrected chi connectivity index (χ4v) is 3.48. The van der Waals surface area contributed by atoms with Crippen LogP contribution in [0.5, 0.6) is 0 Å². The van der Waals surface area contributed by atoms with Crippen molar-refractivity contribution >= 4 is 23.6 Å². The van der Waals surface area contributed by atoms with E-state index >= 15 is 0 Å². The Morgan fingerprint density at radius 2 is 1.80 bits per heavy atom. The summed E-state index contributed by atoms with van der Waals surface area (Å²) in [5.41, 5.74) is 0.0434. The number of carbonyl (C=O) groups is 2. The van der Waals surface area contributed by atoms with E-state index in [0.29, 0.717) is 0 Å². The Morgan fingerprint density at radius 3 is 2.44 bits per heavy atom. The number of carbonyl (C=O) groups excluding carboxylic acids is 2. The van der Waals surface area contributed by atoms with Crippen LogP contribution < -0.4 is 5.32 Å². The van der Waals surface area contributed by atoms with Crippen molar-refractivity contribution in [2.24, 2.45) is 0 Å². The summed E-state index contributed by atoms with van der Waals surface area (Å²) in [6.07, 6.45) is 5.40. The van der Waals surface area contributed by atoms with Crippen molar-refractivity contribution in [2.75, 3.05) is 0 Å². The maximum atomic E-state index is 12.6. The van der Waals surface area contributed by atoms with Crippen LogP contribution in [0.3, 0.4) is 0 Å². The predicted molar refractivity (Wildman–Crippen MR) is 92.8 cm³/mol. The smallest absolute Gasteiger partial charge is 0.340 e. The number of alkyl halides is 2. The lowest BCUT2D eigenvalue weighted by Gasteiger charge is -2.20. The van der Waals surface area contributed by atoms with Crippen LogP contribution in [0.4, 0.5) is 8.78 Å². The highest BCUT2D eigenvalue weighted by Gasteiger charge is 2.24. The van der Waals surface area contributed by atoms with Crippen molar-refractivity contribution in [2.45, 2.75) is 68.2 Å². The van der Waals surface area contributed by atoms with Crippen LogP contribution in [0.1, 0.15) is 55.8 Å². The van der Waals surface area contributed by atoms with E-state index < -0.39 is 17.8 Å². The number of hydrogen-bond donors (Lipinski definition) is 1. The van der Waals surface area contributed by atoms with Crippen LogP contribution in [-0.2, 0) is 9.53 Å². The van der Waals surface area contributed by atoms with E-state index in [9.17, 15) is 18.4 Å². The average molecular weight is 371 g/mol. The van der Waals surface area contributed by atoms with Gasteiger partial charge in [0, 0.05) is 10.9 Å². The predicted octanol–water partition coefficient (Wildman–Crippen LogP) is 4.39. The summed E-state index contributed by atoms with van der Waals surface area (Å²) >= 11 is 0.285. The quantitative estimate of drug-likeness (QED) is 0.458. The number of thioether (sulfide) groups is 1. The molecule has 0 aromatic heterocycles. The lowest BCUT2D eigenvalue weighted by molar-refractivity contribution is -0.129. The van der Waals surface area contributed by atoms with Gasteiger partial charge in [0.15, 0.2) is 6.10 Å². The second-order valence-electron chi connectivity index (χ2n) is 6.12. The van der Waals surface area contributed by atoms with E-state index in [0.717, 1.165) is 25.7 Å². The molecule has 2 rings (SSSR count). The van der Waals surface area contributed by atoms with Crippen LogP contribution in [0.2, 0.25) is 0 Å². The van der Waals surface area contributed by atoms with Gasteiger partial charge in [0.05, 0.1) is 5.56 Å². The van der Waals surface area contributed by atoms with Gasteiger partial charge in [-0.1, -0.05) is 49.6 Å². The maximum Gasteiger partial charge on any atom is 0.340 e. The van der Waals surface area contributed by atoms with Crippen molar-refractivity contribution in [3.05, 3.63) is 29.8 Å². The molecule has 1 N–H and O–H groups in total. The van der Waals surface area contributed by atoms with Crippen LogP contribution in [-0.4, -0.2) is 29.8 Å². The largest absolute Gasteiger partial charge is 0.449 e. The lowest BCUT2D eigenvalue weighted by atomic mass is 10.1. The number of benzene rings is 1. The van der Waals surface area contributed by atoms with Gasteiger partial charge in [-0.3, -0.25) is 4.79 Å². The molecule has 1 aromatic carbocycles. The van der Waals surface area contributed by atoms with Crippen molar-refractivity contribution in [3.63, 3.8) is 0 Å². The minimum atomic E-state index is -2.63. The Kier molecular flexibility index (Phi) is 7.68. The molecule has 1 fully saturated rings. The topological polar surface area (TPSA) is 55.4 Å². The first-order valence-electron chi connectivity index (χ1n) is 8.52. The average Bonchev–Trinajstić information content (AvgIpc) is 2.83. The Labute approximate surface area is 150 Å². The van der Waals surface area contributed by atoms with E-state index in [1.165, 1.54) is 31.9 Å². The molecule has 0 spiro atoms. The number of halogens is 2. The SMILES string of the molecule is C[C@@H](OC(=O)c1ccccc1SC(F)F)C(=O)NC1CCCCCC1. The third kappa shape index (κ3) is 6.30. The zero-order chi connectivity index (χ0) is 18.2. The van der Waals surface area contributed by atoms with Gasteiger partial charge in [-0.2, -0.15) is 8.78 Å². The molecule has 1 aromatic rings. The fourth-order valence-electron chi connectivity index (χ4n) is 2.85. The molecule has 1 saturated carbocycles. The molecule has 0 saturated heterocycles. The Morgan fingerprint density at radius 1 is 1.16 bits per heavy atom. The van der Waals surface area contributed by atoms with Crippen LogP contribution in [0.25, 0.3) is 0 Å². The Balaban J connectivity index is 1.94. The van der Waals surface area contributed by atoms with E-state index in [2.05, 4.69) is 5.32 Å². The van der Waals surface area contributed by atoms with Gasteiger partial charge in [0.2, 0.25) is 0 Å². The highest BCUT2D eigenvalue weighted by Crippen LogP contribution is 2.29. The number of esters is 1.